The number of nitrogens with zero attached hydrogens (tertiary/aromatic N) is 1. The number of aryl methyl sites for hydroxylation is 1. The molecule has 0 unspecified atom stereocenters. The Balaban J connectivity index is 1.64. The van der Waals surface area contributed by atoms with Crippen LogP contribution in [0.1, 0.15) is 21.6 Å². The maximum absolute atomic E-state index is 11.9. The third-order valence-corrected chi connectivity index (χ3v) is 3.35. The van der Waals surface area contributed by atoms with E-state index in [0.717, 1.165) is 22.5 Å². The van der Waals surface area contributed by atoms with Gasteiger partial charge in [0.15, 0.2) is 0 Å². The molecule has 0 aliphatic rings. The average molecular weight is 292 g/mol. The second-order valence-corrected chi connectivity index (χ2v) is 5.09. The van der Waals surface area contributed by atoms with Crippen LogP contribution >= 0.6 is 0 Å². The third-order valence-electron chi connectivity index (χ3n) is 3.35. The highest BCUT2D eigenvalue weighted by Crippen LogP contribution is 2.17. The van der Waals surface area contributed by atoms with Crippen LogP contribution in [0.15, 0.2) is 60.7 Å². The number of esters is 1. The van der Waals surface area contributed by atoms with Crippen LogP contribution in [0.5, 0.6) is 0 Å². The highest BCUT2D eigenvalue weighted by atomic mass is 16.5. The van der Waals surface area contributed by atoms with Crippen LogP contribution in [-0.2, 0) is 11.3 Å². The summed E-state index contributed by atoms with van der Waals surface area (Å²) >= 11 is 0. The van der Waals surface area contributed by atoms with Crippen molar-refractivity contribution in [2.45, 2.75) is 13.5 Å². The number of aromatic nitrogens is 2. The van der Waals surface area contributed by atoms with Gasteiger partial charge >= 0.3 is 5.97 Å². The highest BCUT2D eigenvalue weighted by molar-refractivity contribution is 5.89. The Kier molecular flexibility index (Phi) is 4.01. The lowest BCUT2D eigenvalue weighted by Crippen LogP contribution is -2.05. The first-order valence-corrected chi connectivity index (χ1v) is 7.06. The van der Waals surface area contributed by atoms with Gasteiger partial charge in [-0.05, 0) is 25.1 Å². The molecule has 22 heavy (non-hydrogen) atoms. The highest BCUT2D eigenvalue weighted by Gasteiger charge is 2.09. The van der Waals surface area contributed by atoms with Crippen molar-refractivity contribution in [1.29, 1.82) is 0 Å². The molecule has 1 aromatic heterocycles. The van der Waals surface area contributed by atoms with E-state index in [2.05, 4.69) is 10.2 Å². The largest absolute Gasteiger partial charge is 0.456 e. The molecule has 0 bridgehead atoms. The molecule has 4 heteroatoms. The van der Waals surface area contributed by atoms with Crippen molar-refractivity contribution in [3.63, 3.8) is 0 Å². The molecule has 0 aliphatic carbocycles. The van der Waals surface area contributed by atoms with Crippen molar-refractivity contribution in [3.8, 4) is 11.3 Å². The number of H-pyrrole nitrogens is 1. The Morgan fingerprint density at radius 2 is 1.82 bits per heavy atom. The number of hydrogen-bond acceptors (Lipinski definition) is 3. The minimum Gasteiger partial charge on any atom is -0.456 e. The van der Waals surface area contributed by atoms with Crippen molar-refractivity contribution < 1.29 is 9.53 Å². The van der Waals surface area contributed by atoms with Crippen LogP contribution in [0, 0.1) is 6.92 Å². The van der Waals surface area contributed by atoms with E-state index in [1.807, 2.05) is 55.5 Å². The molecule has 0 aliphatic heterocycles. The van der Waals surface area contributed by atoms with Gasteiger partial charge in [0.2, 0.25) is 0 Å². The molecule has 4 nitrogen and oxygen atoms in total. The molecule has 0 fully saturated rings. The van der Waals surface area contributed by atoms with E-state index in [1.165, 1.54) is 0 Å². The molecule has 2 aromatic carbocycles. The number of carbonyl (C=O) groups is 1. The van der Waals surface area contributed by atoms with E-state index in [4.69, 9.17) is 4.74 Å². The SMILES string of the molecule is Cc1ccc(C(=O)OCc2cc(-c3ccccc3)n[nH]2)cc1. The molecule has 0 amide bonds. The van der Waals surface area contributed by atoms with Crippen LogP contribution in [0.25, 0.3) is 11.3 Å². The summed E-state index contributed by atoms with van der Waals surface area (Å²) in [6, 6.07) is 19.0. The summed E-state index contributed by atoms with van der Waals surface area (Å²) in [5, 5.41) is 7.13. The number of aromatic amines is 1. The molecule has 0 saturated heterocycles. The van der Waals surface area contributed by atoms with Crippen molar-refractivity contribution in [3.05, 3.63) is 77.5 Å². The lowest BCUT2D eigenvalue weighted by Gasteiger charge is -2.03. The summed E-state index contributed by atoms with van der Waals surface area (Å²) in [4.78, 5) is 11.9. The third kappa shape index (κ3) is 3.23. The Morgan fingerprint density at radius 3 is 2.55 bits per heavy atom. The van der Waals surface area contributed by atoms with Gasteiger partial charge in [-0.3, -0.25) is 5.10 Å². The first-order chi connectivity index (χ1) is 10.7. The monoisotopic (exact) mass is 292 g/mol. The molecular weight excluding hydrogens is 276 g/mol. The van der Waals surface area contributed by atoms with Crippen LogP contribution in [0.4, 0.5) is 0 Å². The molecule has 0 atom stereocenters. The first-order valence-electron chi connectivity index (χ1n) is 7.06. The van der Waals surface area contributed by atoms with E-state index >= 15 is 0 Å². The summed E-state index contributed by atoms with van der Waals surface area (Å²) in [5.74, 6) is -0.337. The number of hydrogen-bond donors (Lipinski definition) is 1. The standard InChI is InChI=1S/C18H16N2O2/c1-13-7-9-15(10-8-13)18(21)22-12-16-11-17(20-19-16)14-5-3-2-4-6-14/h2-11H,12H2,1H3,(H,19,20). The van der Waals surface area contributed by atoms with Gasteiger partial charge in [-0.1, -0.05) is 48.0 Å². The second kappa shape index (κ2) is 6.26. The van der Waals surface area contributed by atoms with Crippen LogP contribution in [0.3, 0.4) is 0 Å². The van der Waals surface area contributed by atoms with Crippen LogP contribution in [-0.4, -0.2) is 16.2 Å². The number of benzene rings is 2. The first kappa shape index (κ1) is 14.1. The molecule has 110 valence electrons. The predicted octanol–water partition coefficient (Wildman–Crippen LogP) is 3.74. The summed E-state index contributed by atoms with van der Waals surface area (Å²) < 4.78 is 5.29. The molecule has 0 saturated carbocycles. The number of carbonyl (C=O) groups excluding carboxylic acids is 1. The molecule has 3 aromatic rings. The number of rotatable bonds is 4. The van der Waals surface area contributed by atoms with E-state index in [-0.39, 0.29) is 12.6 Å². The Morgan fingerprint density at radius 1 is 1.09 bits per heavy atom. The van der Waals surface area contributed by atoms with Gasteiger partial charge in [0.1, 0.15) is 6.61 Å². The van der Waals surface area contributed by atoms with E-state index in [0.29, 0.717) is 5.56 Å². The van der Waals surface area contributed by atoms with E-state index in [9.17, 15) is 4.79 Å². The smallest absolute Gasteiger partial charge is 0.338 e. The zero-order valence-corrected chi connectivity index (χ0v) is 12.2. The van der Waals surface area contributed by atoms with E-state index in [1.54, 1.807) is 12.1 Å². The fraction of sp³-hybridized carbons (Fsp3) is 0.111. The summed E-state index contributed by atoms with van der Waals surface area (Å²) in [6.45, 7) is 2.15. The van der Waals surface area contributed by atoms with Gasteiger partial charge < -0.3 is 4.74 Å². The van der Waals surface area contributed by atoms with Crippen molar-refractivity contribution in [1.82, 2.24) is 10.2 Å². The Bertz CT molecular complexity index is 761. The van der Waals surface area contributed by atoms with Gasteiger partial charge in [-0.15, -0.1) is 0 Å². The minimum absolute atomic E-state index is 0.173. The molecule has 1 N–H and O–H groups in total. The van der Waals surface area contributed by atoms with Crippen molar-refractivity contribution >= 4 is 5.97 Å². The topological polar surface area (TPSA) is 55.0 Å². The average Bonchev–Trinajstić information content (AvgIpc) is 3.03. The van der Waals surface area contributed by atoms with Crippen LogP contribution in [0.2, 0.25) is 0 Å². The number of ether oxygens (including phenoxy) is 1. The zero-order valence-electron chi connectivity index (χ0n) is 12.2. The fourth-order valence-corrected chi connectivity index (χ4v) is 2.11. The van der Waals surface area contributed by atoms with Gasteiger partial charge in [0, 0.05) is 5.56 Å². The fourth-order valence-electron chi connectivity index (χ4n) is 2.11. The summed E-state index contributed by atoms with van der Waals surface area (Å²) in [6.07, 6.45) is 0. The van der Waals surface area contributed by atoms with Gasteiger partial charge in [-0.2, -0.15) is 5.10 Å². The van der Waals surface area contributed by atoms with Crippen LogP contribution < -0.4 is 0 Å². The maximum Gasteiger partial charge on any atom is 0.338 e. The molecule has 3 rings (SSSR count). The quantitative estimate of drug-likeness (QED) is 0.745. The normalized spacial score (nSPS) is 10.4. The molecule has 0 spiro atoms. The summed E-state index contributed by atoms with van der Waals surface area (Å²) in [5.41, 5.74) is 4.28. The second-order valence-electron chi connectivity index (χ2n) is 5.09. The lowest BCUT2D eigenvalue weighted by molar-refractivity contribution is 0.0467. The predicted molar refractivity (Wildman–Crippen MR) is 84.3 cm³/mol. The van der Waals surface area contributed by atoms with Gasteiger partial charge in [0.25, 0.3) is 0 Å². The van der Waals surface area contributed by atoms with Crippen molar-refractivity contribution in [2.75, 3.05) is 0 Å². The minimum atomic E-state index is -0.337. The molecular formula is C18H16N2O2. The molecule has 0 radical (unpaired) electrons. The van der Waals surface area contributed by atoms with E-state index < -0.39 is 0 Å². The zero-order chi connectivity index (χ0) is 15.4. The Hall–Kier alpha value is -2.88. The lowest BCUT2D eigenvalue weighted by atomic mass is 10.1. The van der Waals surface area contributed by atoms with Crippen molar-refractivity contribution in [2.24, 2.45) is 0 Å². The molecule has 1 heterocycles. The Labute approximate surface area is 128 Å². The van der Waals surface area contributed by atoms with Gasteiger partial charge in [-0.25, -0.2) is 4.79 Å². The summed E-state index contributed by atoms with van der Waals surface area (Å²) in [7, 11) is 0. The number of nitrogens with one attached hydrogen (secondary N) is 1. The van der Waals surface area contributed by atoms with Gasteiger partial charge in [0.05, 0.1) is 17.0 Å². The maximum atomic E-state index is 11.9.